The van der Waals surface area contributed by atoms with E-state index in [9.17, 15) is 14.0 Å². The fourth-order valence-electron chi connectivity index (χ4n) is 2.16. The fourth-order valence-corrected chi connectivity index (χ4v) is 2.16. The molecule has 0 aliphatic carbocycles. The summed E-state index contributed by atoms with van der Waals surface area (Å²) in [6, 6.07) is 5.28. The van der Waals surface area contributed by atoms with Gasteiger partial charge in [-0.05, 0) is 38.1 Å². The van der Waals surface area contributed by atoms with Gasteiger partial charge in [-0.3, -0.25) is 4.79 Å². The van der Waals surface area contributed by atoms with Gasteiger partial charge in [0, 0.05) is 24.7 Å². The molecule has 1 aromatic rings. The van der Waals surface area contributed by atoms with Crippen molar-refractivity contribution in [3.05, 3.63) is 30.1 Å². The van der Waals surface area contributed by atoms with Crippen LogP contribution in [-0.2, 0) is 4.79 Å². The number of nitrogens with one attached hydrogen (secondary N) is 2. The number of anilines is 1. The smallest absolute Gasteiger partial charge is 0.315 e. The van der Waals surface area contributed by atoms with E-state index in [1.54, 1.807) is 17.0 Å². The van der Waals surface area contributed by atoms with E-state index in [0.717, 1.165) is 0 Å². The molecule has 0 unspecified atom stereocenters. The predicted molar refractivity (Wildman–Crippen MR) is 74.0 cm³/mol. The molecule has 3 amide bonds. The minimum absolute atomic E-state index is 0.0420. The first-order valence-electron chi connectivity index (χ1n) is 6.58. The molecule has 1 heterocycles. The lowest BCUT2D eigenvalue weighted by molar-refractivity contribution is -0.117. The average Bonchev–Trinajstić information content (AvgIpc) is 2.70. The highest BCUT2D eigenvalue weighted by molar-refractivity contribution is 5.96. The molecule has 1 fully saturated rings. The Morgan fingerprint density at radius 2 is 2.00 bits per heavy atom. The highest BCUT2D eigenvalue weighted by Gasteiger charge is 2.31. The molecule has 0 spiro atoms. The van der Waals surface area contributed by atoms with E-state index in [0.29, 0.717) is 12.2 Å². The Balaban J connectivity index is 1.97. The van der Waals surface area contributed by atoms with Crippen molar-refractivity contribution in [2.45, 2.75) is 32.4 Å². The number of benzene rings is 1. The predicted octanol–water partition coefficient (Wildman–Crippen LogP) is 1.64. The van der Waals surface area contributed by atoms with Gasteiger partial charge in [0.2, 0.25) is 5.91 Å². The van der Waals surface area contributed by atoms with Gasteiger partial charge < -0.3 is 15.5 Å². The number of carbonyl (C=O) groups excluding carboxylic acids is 2. The zero-order valence-electron chi connectivity index (χ0n) is 11.5. The van der Waals surface area contributed by atoms with Crippen LogP contribution in [0.4, 0.5) is 14.9 Å². The van der Waals surface area contributed by atoms with Crippen molar-refractivity contribution < 1.29 is 14.0 Å². The molecule has 108 valence electrons. The van der Waals surface area contributed by atoms with Crippen LogP contribution >= 0.6 is 0 Å². The van der Waals surface area contributed by atoms with Gasteiger partial charge in [0.1, 0.15) is 5.82 Å². The molecule has 6 heteroatoms. The molecular weight excluding hydrogens is 261 g/mol. The summed E-state index contributed by atoms with van der Waals surface area (Å²) < 4.78 is 12.9. The highest BCUT2D eigenvalue weighted by Crippen LogP contribution is 2.21. The third-order valence-electron chi connectivity index (χ3n) is 3.02. The van der Waals surface area contributed by atoms with Crippen molar-refractivity contribution >= 4 is 17.6 Å². The van der Waals surface area contributed by atoms with Crippen LogP contribution in [0.2, 0.25) is 0 Å². The quantitative estimate of drug-likeness (QED) is 0.883. The van der Waals surface area contributed by atoms with E-state index in [1.165, 1.54) is 12.1 Å². The Labute approximate surface area is 117 Å². The van der Waals surface area contributed by atoms with Gasteiger partial charge >= 0.3 is 6.03 Å². The van der Waals surface area contributed by atoms with E-state index in [4.69, 9.17) is 0 Å². The van der Waals surface area contributed by atoms with Gasteiger partial charge in [-0.25, -0.2) is 9.18 Å². The second-order valence-electron chi connectivity index (χ2n) is 5.15. The molecule has 5 nitrogen and oxygen atoms in total. The van der Waals surface area contributed by atoms with Crippen LogP contribution in [0, 0.1) is 5.82 Å². The third kappa shape index (κ3) is 3.46. The summed E-state index contributed by atoms with van der Waals surface area (Å²) in [5.74, 6) is -0.419. The molecule has 0 aromatic heterocycles. The van der Waals surface area contributed by atoms with E-state index in [1.807, 2.05) is 13.8 Å². The minimum atomic E-state index is -0.341. The zero-order valence-corrected chi connectivity index (χ0v) is 11.5. The zero-order chi connectivity index (χ0) is 14.7. The lowest BCUT2D eigenvalue weighted by atomic mass is 10.2. The molecule has 0 saturated carbocycles. The summed E-state index contributed by atoms with van der Waals surface area (Å²) in [6.07, 6.45) is 0.253. The minimum Gasteiger partial charge on any atom is -0.336 e. The van der Waals surface area contributed by atoms with Crippen LogP contribution in [0.25, 0.3) is 0 Å². The molecule has 1 atom stereocenters. The van der Waals surface area contributed by atoms with Gasteiger partial charge in [-0.1, -0.05) is 0 Å². The molecule has 1 aliphatic rings. The number of rotatable bonds is 3. The fraction of sp³-hybridized carbons (Fsp3) is 0.429. The van der Waals surface area contributed by atoms with E-state index in [2.05, 4.69) is 10.6 Å². The van der Waals surface area contributed by atoms with Gasteiger partial charge in [-0.2, -0.15) is 0 Å². The Morgan fingerprint density at radius 3 is 2.60 bits per heavy atom. The van der Waals surface area contributed by atoms with Crippen molar-refractivity contribution in [1.82, 2.24) is 10.6 Å². The SMILES string of the molecule is CC(C)NC(=O)N[C@@H]1CC(=O)N(c2ccc(F)cc2)C1. The summed E-state index contributed by atoms with van der Waals surface area (Å²) in [6.45, 7) is 4.13. The summed E-state index contributed by atoms with van der Waals surface area (Å²) >= 11 is 0. The molecule has 1 aromatic carbocycles. The van der Waals surface area contributed by atoms with Crippen LogP contribution in [0.15, 0.2) is 24.3 Å². The van der Waals surface area contributed by atoms with Crippen molar-refractivity contribution in [1.29, 1.82) is 0 Å². The van der Waals surface area contributed by atoms with Gasteiger partial charge in [0.15, 0.2) is 0 Å². The maximum atomic E-state index is 12.9. The lowest BCUT2D eigenvalue weighted by Gasteiger charge is -2.18. The number of amides is 3. The number of hydrogen-bond donors (Lipinski definition) is 2. The first-order valence-corrected chi connectivity index (χ1v) is 6.58. The Hall–Kier alpha value is -2.11. The number of urea groups is 1. The maximum absolute atomic E-state index is 12.9. The van der Waals surface area contributed by atoms with E-state index in [-0.39, 0.29) is 36.3 Å². The van der Waals surface area contributed by atoms with Crippen molar-refractivity contribution in [3.63, 3.8) is 0 Å². The first-order chi connectivity index (χ1) is 9.45. The standard InChI is InChI=1S/C14H18FN3O2/c1-9(2)16-14(20)17-11-7-13(19)18(8-11)12-5-3-10(15)4-6-12/h3-6,9,11H,7-8H2,1-2H3,(H2,16,17,20)/t11-/m1/s1. The molecular formula is C14H18FN3O2. The Morgan fingerprint density at radius 1 is 1.35 bits per heavy atom. The summed E-state index contributed by atoms with van der Waals surface area (Å²) in [7, 11) is 0. The van der Waals surface area contributed by atoms with Crippen molar-refractivity contribution in [2.24, 2.45) is 0 Å². The second-order valence-corrected chi connectivity index (χ2v) is 5.15. The molecule has 0 bridgehead atoms. The topological polar surface area (TPSA) is 61.4 Å². The lowest BCUT2D eigenvalue weighted by Crippen LogP contribution is -2.45. The molecule has 20 heavy (non-hydrogen) atoms. The molecule has 1 saturated heterocycles. The number of halogens is 1. The van der Waals surface area contributed by atoms with E-state index < -0.39 is 0 Å². The third-order valence-corrected chi connectivity index (χ3v) is 3.02. The second kappa shape index (κ2) is 5.90. The van der Waals surface area contributed by atoms with Crippen molar-refractivity contribution in [3.8, 4) is 0 Å². The van der Waals surface area contributed by atoms with Crippen LogP contribution in [0.5, 0.6) is 0 Å². The van der Waals surface area contributed by atoms with E-state index >= 15 is 0 Å². The molecule has 0 radical (unpaired) electrons. The summed E-state index contributed by atoms with van der Waals surface area (Å²) in [5.41, 5.74) is 0.643. The number of carbonyl (C=O) groups is 2. The van der Waals surface area contributed by atoms with Crippen LogP contribution in [0.1, 0.15) is 20.3 Å². The normalized spacial score (nSPS) is 18.5. The molecule has 2 N–H and O–H groups in total. The average molecular weight is 279 g/mol. The largest absolute Gasteiger partial charge is 0.336 e. The van der Waals surface area contributed by atoms with Crippen LogP contribution in [-0.4, -0.2) is 30.6 Å². The summed E-state index contributed by atoms with van der Waals surface area (Å²) in [4.78, 5) is 25.1. The van der Waals surface area contributed by atoms with Gasteiger partial charge in [0.05, 0.1) is 6.04 Å². The van der Waals surface area contributed by atoms with Crippen molar-refractivity contribution in [2.75, 3.05) is 11.4 Å². The summed E-state index contributed by atoms with van der Waals surface area (Å²) in [5, 5.41) is 5.48. The number of nitrogens with zero attached hydrogens (tertiary/aromatic N) is 1. The van der Waals surface area contributed by atoms with Gasteiger partial charge in [0.25, 0.3) is 0 Å². The first kappa shape index (κ1) is 14.3. The molecule has 2 rings (SSSR count). The maximum Gasteiger partial charge on any atom is 0.315 e. The van der Waals surface area contributed by atoms with Crippen LogP contribution < -0.4 is 15.5 Å². The highest BCUT2D eigenvalue weighted by atomic mass is 19.1. The Bertz CT molecular complexity index is 502. The number of hydrogen-bond acceptors (Lipinski definition) is 2. The Kier molecular flexibility index (Phi) is 4.22. The van der Waals surface area contributed by atoms with Crippen LogP contribution in [0.3, 0.4) is 0 Å². The van der Waals surface area contributed by atoms with Gasteiger partial charge in [-0.15, -0.1) is 0 Å². The molecule has 1 aliphatic heterocycles. The monoisotopic (exact) mass is 279 g/mol.